The Morgan fingerprint density at radius 3 is 2.35 bits per heavy atom. The highest BCUT2D eigenvalue weighted by atomic mass is 35.5. The second-order valence-corrected chi connectivity index (χ2v) is 8.00. The number of rotatable bonds is 6. The van der Waals surface area contributed by atoms with Gasteiger partial charge in [0.1, 0.15) is 12.7 Å². The average Bonchev–Trinajstić information content (AvgIpc) is 3.45. The Morgan fingerprint density at radius 2 is 1.61 bits per heavy atom. The summed E-state index contributed by atoms with van der Waals surface area (Å²) in [5.74, 6) is 0. The summed E-state index contributed by atoms with van der Waals surface area (Å²) >= 11 is 0. The van der Waals surface area contributed by atoms with E-state index < -0.39 is 0 Å². The molecular weight excluding hydrogens is 429 g/mol. The number of aromatic nitrogens is 4. The summed E-state index contributed by atoms with van der Waals surface area (Å²) in [5, 5.41) is 9.16. The first-order valence-electron chi connectivity index (χ1n) is 10.6. The molecule has 0 N–H and O–H groups in total. The van der Waals surface area contributed by atoms with Gasteiger partial charge >= 0.3 is 0 Å². The van der Waals surface area contributed by atoms with Gasteiger partial charge in [0.2, 0.25) is 0 Å². The van der Waals surface area contributed by atoms with Gasteiger partial charge in [0, 0.05) is 25.3 Å². The van der Waals surface area contributed by atoms with Crippen LogP contribution in [-0.4, -0.2) is 43.9 Å². The van der Waals surface area contributed by atoms with Gasteiger partial charge in [-0.15, -0.1) is 35.0 Å². The Labute approximate surface area is 195 Å². The van der Waals surface area contributed by atoms with E-state index in [-0.39, 0.29) is 24.8 Å². The molecule has 1 aliphatic rings. The van der Waals surface area contributed by atoms with Gasteiger partial charge in [0.25, 0.3) is 0 Å². The van der Waals surface area contributed by atoms with Crippen LogP contribution in [0.3, 0.4) is 0 Å². The second kappa shape index (κ2) is 10.8. The highest BCUT2D eigenvalue weighted by Crippen LogP contribution is 2.29. The topological polar surface area (TPSA) is 38.9 Å². The fourth-order valence-corrected chi connectivity index (χ4v) is 4.52. The molecule has 1 aliphatic heterocycles. The standard InChI is InChI=1S/C24H27N5.2ClH/c1-2-5-20(6-3-1)7-4-13-27-14-11-22(12-15-27)29-16-10-21-8-9-23(17-24(21)29)28-18-25-26-19-28;;/h1-3,5-6,8-10,16-19,22H,4,7,11-15H2;2*1H. The Hall–Kier alpha value is -2.34. The number of hydrogen-bond acceptors (Lipinski definition) is 3. The highest BCUT2D eigenvalue weighted by Gasteiger charge is 2.21. The van der Waals surface area contributed by atoms with Crippen molar-refractivity contribution in [2.45, 2.75) is 31.7 Å². The predicted octanol–water partition coefficient (Wildman–Crippen LogP) is 5.34. The number of aryl methyl sites for hydroxylation is 1. The molecular formula is C24H29Cl2N5. The molecule has 0 unspecified atom stereocenters. The number of benzene rings is 2. The van der Waals surface area contributed by atoms with Crippen molar-refractivity contribution in [1.29, 1.82) is 0 Å². The lowest BCUT2D eigenvalue weighted by atomic mass is 10.0. The monoisotopic (exact) mass is 457 g/mol. The van der Waals surface area contributed by atoms with Gasteiger partial charge in [-0.25, -0.2) is 0 Å². The number of fused-ring (bicyclic) bond motifs is 1. The maximum absolute atomic E-state index is 3.93. The molecule has 0 amide bonds. The van der Waals surface area contributed by atoms with E-state index >= 15 is 0 Å². The third-order valence-electron chi connectivity index (χ3n) is 6.16. The van der Waals surface area contributed by atoms with E-state index in [4.69, 9.17) is 0 Å². The van der Waals surface area contributed by atoms with Crippen molar-refractivity contribution in [2.75, 3.05) is 19.6 Å². The molecule has 0 aliphatic carbocycles. The van der Waals surface area contributed by atoms with Gasteiger partial charge in [-0.1, -0.05) is 36.4 Å². The first-order chi connectivity index (χ1) is 14.4. The first-order valence-corrected chi connectivity index (χ1v) is 10.6. The van der Waals surface area contributed by atoms with Crippen LogP contribution >= 0.6 is 24.8 Å². The lowest BCUT2D eigenvalue weighted by Crippen LogP contribution is -2.35. The van der Waals surface area contributed by atoms with E-state index in [2.05, 4.69) is 80.5 Å². The summed E-state index contributed by atoms with van der Waals surface area (Å²) in [6.07, 6.45) is 10.6. The lowest BCUT2D eigenvalue weighted by molar-refractivity contribution is 0.187. The van der Waals surface area contributed by atoms with E-state index in [0.29, 0.717) is 6.04 Å². The number of hydrogen-bond donors (Lipinski definition) is 0. The number of likely N-dealkylation sites (tertiary alicyclic amines) is 1. The van der Waals surface area contributed by atoms with Crippen molar-refractivity contribution in [3.8, 4) is 5.69 Å². The molecule has 0 atom stereocenters. The minimum Gasteiger partial charge on any atom is -0.344 e. The number of nitrogens with zero attached hydrogens (tertiary/aromatic N) is 5. The molecule has 31 heavy (non-hydrogen) atoms. The van der Waals surface area contributed by atoms with E-state index in [1.807, 2.05) is 4.57 Å². The van der Waals surface area contributed by atoms with Crippen LogP contribution in [0.1, 0.15) is 30.9 Å². The van der Waals surface area contributed by atoms with E-state index in [9.17, 15) is 0 Å². The van der Waals surface area contributed by atoms with Crippen LogP contribution in [0.2, 0.25) is 0 Å². The molecule has 164 valence electrons. The normalized spacial score (nSPS) is 14.8. The molecule has 0 spiro atoms. The van der Waals surface area contributed by atoms with Crippen molar-refractivity contribution in [1.82, 2.24) is 24.2 Å². The van der Waals surface area contributed by atoms with Crippen molar-refractivity contribution >= 4 is 35.7 Å². The van der Waals surface area contributed by atoms with Crippen LogP contribution in [0, 0.1) is 0 Å². The van der Waals surface area contributed by atoms with Gasteiger partial charge in [-0.3, -0.25) is 4.57 Å². The summed E-state index contributed by atoms with van der Waals surface area (Å²) in [7, 11) is 0. The zero-order valence-electron chi connectivity index (χ0n) is 17.5. The molecule has 1 fully saturated rings. The Morgan fingerprint density at radius 1 is 0.871 bits per heavy atom. The summed E-state index contributed by atoms with van der Waals surface area (Å²) < 4.78 is 4.44. The maximum Gasteiger partial charge on any atom is 0.123 e. The van der Waals surface area contributed by atoms with Crippen molar-refractivity contribution in [3.05, 3.63) is 79.0 Å². The van der Waals surface area contributed by atoms with Gasteiger partial charge in [0.05, 0.1) is 11.2 Å². The van der Waals surface area contributed by atoms with Crippen LogP contribution in [-0.2, 0) is 6.42 Å². The molecule has 0 saturated carbocycles. The zero-order valence-corrected chi connectivity index (χ0v) is 19.1. The van der Waals surface area contributed by atoms with Crippen LogP contribution in [0.15, 0.2) is 73.4 Å². The van der Waals surface area contributed by atoms with Gasteiger partial charge < -0.3 is 9.47 Å². The molecule has 4 aromatic rings. The lowest BCUT2D eigenvalue weighted by Gasteiger charge is -2.33. The van der Waals surface area contributed by atoms with Gasteiger partial charge in [-0.05, 0) is 61.4 Å². The minimum atomic E-state index is 0. The van der Waals surface area contributed by atoms with E-state index in [1.54, 1.807) is 12.7 Å². The maximum atomic E-state index is 3.93. The predicted molar refractivity (Wildman–Crippen MR) is 131 cm³/mol. The fourth-order valence-electron chi connectivity index (χ4n) is 4.52. The van der Waals surface area contributed by atoms with Crippen LogP contribution < -0.4 is 0 Å². The fraction of sp³-hybridized carbons (Fsp3) is 0.333. The Balaban J connectivity index is 0.00000136. The molecule has 1 saturated heterocycles. The molecule has 2 aromatic carbocycles. The molecule has 2 aromatic heterocycles. The summed E-state index contributed by atoms with van der Waals surface area (Å²) in [6, 6.07) is 20.2. The van der Waals surface area contributed by atoms with E-state index in [1.165, 1.54) is 61.8 Å². The second-order valence-electron chi connectivity index (χ2n) is 8.00. The van der Waals surface area contributed by atoms with Crippen LogP contribution in [0.5, 0.6) is 0 Å². The van der Waals surface area contributed by atoms with Crippen molar-refractivity contribution < 1.29 is 0 Å². The molecule has 3 heterocycles. The quantitative estimate of drug-likeness (QED) is 0.392. The van der Waals surface area contributed by atoms with Crippen LogP contribution in [0.4, 0.5) is 0 Å². The summed E-state index contributed by atoms with van der Waals surface area (Å²) in [5.41, 5.74) is 3.87. The third kappa shape index (κ3) is 5.29. The minimum absolute atomic E-state index is 0. The molecule has 0 radical (unpaired) electrons. The SMILES string of the molecule is Cl.Cl.c1ccc(CCCN2CCC(n3ccc4ccc(-n5cnnc5)cc43)CC2)cc1. The number of piperidine rings is 1. The molecule has 0 bridgehead atoms. The van der Waals surface area contributed by atoms with Crippen molar-refractivity contribution in [3.63, 3.8) is 0 Å². The van der Waals surface area contributed by atoms with Crippen molar-refractivity contribution in [2.24, 2.45) is 0 Å². The summed E-state index contributed by atoms with van der Waals surface area (Å²) in [4.78, 5) is 2.63. The molecule has 5 nitrogen and oxygen atoms in total. The first kappa shape index (κ1) is 23.3. The molecule has 7 heteroatoms. The van der Waals surface area contributed by atoms with E-state index in [0.717, 1.165) is 5.69 Å². The smallest absolute Gasteiger partial charge is 0.123 e. The largest absolute Gasteiger partial charge is 0.344 e. The number of halogens is 2. The highest BCUT2D eigenvalue weighted by molar-refractivity contribution is 5.85. The Bertz CT molecular complexity index is 1050. The third-order valence-corrected chi connectivity index (χ3v) is 6.16. The Kier molecular flexibility index (Phi) is 8.13. The molecule has 5 rings (SSSR count). The zero-order chi connectivity index (χ0) is 19.5. The van der Waals surface area contributed by atoms with Gasteiger partial charge in [0.15, 0.2) is 0 Å². The summed E-state index contributed by atoms with van der Waals surface area (Å²) in [6.45, 7) is 3.57. The average molecular weight is 458 g/mol. The van der Waals surface area contributed by atoms with Crippen LogP contribution in [0.25, 0.3) is 16.6 Å². The van der Waals surface area contributed by atoms with Gasteiger partial charge in [-0.2, -0.15) is 0 Å².